The predicted octanol–water partition coefficient (Wildman–Crippen LogP) is 0.590. The molecule has 6 nitrogen and oxygen atoms in total. The number of fused-ring (bicyclic) bond motifs is 1. The Hall–Kier alpha value is -1.47. The summed E-state index contributed by atoms with van der Waals surface area (Å²) in [7, 11) is -3.53. The maximum absolute atomic E-state index is 11.6. The van der Waals surface area contributed by atoms with Gasteiger partial charge < -0.3 is 5.11 Å². The van der Waals surface area contributed by atoms with Crippen LogP contribution in [0, 0.1) is 10.1 Å². The molecule has 0 aromatic heterocycles. The number of nitro groups is 1. The highest BCUT2D eigenvalue weighted by Crippen LogP contribution is 2.39. The number of hydrogen-bond acceptors (Lipinski definition) is 5. The first-order valence-corrected chi connectivity index (χ1v) is 6.13. The van der Waals surface area contributed by atoms with E-state index in [9.17, 15) is 23.6 Å². The largest absolute Gasteiger partial charge is 0.384 e. The zero-order chi connectivity index (χ0) is 12.1. The summed E-state index contributed by atoms with van der Waals surface area (Å²) in [6.45, 7) is 1.33. The summed E-state index contributed by atoms with van der Waals surface area (Å²) in [5, 5.41) is 20.4. The van der Waals surface area contributed by atoms with Crippen LogP contribution in [0.4, 0.5) is 5.69 Å². The van der Waals surface area contributed by atoms with Crippen molar-refractivity contribution in [3.8, 4) is 0 Å². The molecule has 0 saturated carbocycles. The van der Waals surface area contributed by atoms with Crippen molar-refractivity contribution in [2.24, 2.45) is 0 Å². The lowest BCUT2D eigenvalue weighted by Gasteiger charge is -2.14. The molecular formula is C9H9NO5S. The lowest BCUT2D eigenvalue weighted by Crippen LogP contribution is -2.23. The lowest BCUT2D eigenvalue weighted by molar-refractivity contribution is -0.385. The molecule has 0 aliphatic carbocycles. The molecule has 1 aliphatic rings. The van der Waals surface area contributed by atoms with Crippen molar-refractivity contribution in [3.05, 3.63) is 33.9 Å². The predicted molar refractivity (Wildman–Crippen MR) is 54.7 cm³/mol. The number of non-ortho nitro benzene ring substituents is 1. The highest BCUT2D eigenvalue weighted by molar-refractivity contribution is 7.91. The monoisotopic (exact) mass is 243 g/mol. The van der Waals surface area contributed by atoms with Crippen LogP contribution < -0.4 is 0 Å². The topological polar surface area (TPSA) is 97.5 Å². The molecule has 0 amide bonds. The molecule has 1 aliphatic heterocycles. The summed E-state index contributed by atoms with van der Waals surface area (Å²) >= 11 is 0. The number of benzene rings is 1. The molecule has 0 saturated heterocycles. The van der Waals surface area contributed by atoms with E-state index in [1.54, 1.807) is 0 Å². The molecule has 16 heavy (non-hydrogen) atoms. The van der Waals surface area contributed by atoms with Crippen molar-refractivity contribution < 1.29 is 18.4 Å². The van der Waals surface area contributed by atoms with Gasteiger partial charge in [-0.15, -0.1) is 0 Å². The third-order valence-corrected chi connectivity index (χ3v) is 4.53. The van der Waals surface area contributed by atoms with E-state index in [0.717, 1.165) is 12.1 Å². The van der Waals surface area contributed by atoms with E-state index in [-0.39, 0.29) is 16.1 Å². The second-order valence-electron chi connectivity index (χ2n) is 3.97. The first-order valence-electron chi connectivity index (χ1n) is 4.48. The van der Waals surface area contributed by atoms with Crippen molar-refractivity contribution in [1.29, 1.82) is 0 Å². The van der Waals surface area contributed by atoms with Crippen molar-refractivity contribution in [2.45, 2.75) is 17.4 Å². The average Bonchev–Trinajstić information content (AvgIpc) is 2.32. The molecule has 0 radical (unpaired) electrons. The Morgan fingerprint density at radius 3 is 2.69 bits per heavy atom. The third-order valence-electron chi connectivity index (χ3n) is 2.56. The number of nitrogens with zero attached hydrogens (tertiary/aromatic N) is 1. The summed E-state index contributed by atoms with van der Waals surface area (Å²) < 4.78 is 23.2. The van der Waals surface area contributed by atoms with Gasteiger partial charge in [0.25, 0.3) is 5.69 Å². The van der Waals surface area contributed by atoms with Gasteiger partial charge in [-0.05, 0) is 13.0 Å². The Labute approximate surface area is 91.6 Å². The molecule has 0 spiro atoms. The van der Waals surface area contributed by atoms with Crippen molar-refractivity contribution in [2.75, 3.05) is 5.75 Å². The Kier molecular flexibility index (Phi) is 2.08. The summed E-state index contributed by atoms with van der Waals surface area (Å²) in [5.74, 6) is -0.434. The third kappa shape index (κ3) is 1.48. The minimum absolute atomic E-state index is 0.0249. The van der Waals surface area contributed by atoms with Crippen LogP contribution in [0.15, 0.2) is 23.1 Å². The Balaban J connectivity index is 2.73. The van der Waals surface area contributed by atoms with Crippen LogP contribution in [-0.2, 0) is 15.4 Å². The molecule has 1 aromatic rings. The fourth-order valence-electron chi connectivity index (χ4n) is 1.85. The minimum Gasteiger partial charge on any atom is -0.384 e. The average molecular weight is 243 g/mol. The molecule has 0 bridgehead atoms. The highest BCUT2D eigenvalue weighted by Gasteiger charge is 2.43. The van der Waals surface area contributed by atoms with Crippen molar-refractivity contribution >= 4 is 15.5 Å². The smallest absolute Gasteiger partial charge is 0.269 e. The Morgan fingerprint density at radius 2 is 2.12 bits per heavy atom. The summed E-state index contributed by atoms with van der Waals surface area (Å²) in [6.07, 6.45) is 0. The summed E-state index contributed by atoms with van der Waals surface area (Å²) in [6, 6.07) is 3.40. The van der Waals surface area contributed by atoms with E-state index in [2.05, 4.69) is 0 Å². The van der Waals surface area contributed by atoms with Crippen molar-refractivity contribution in [1.82, 2.24) is 0 Å². The Bertz CT molecular complexity index is 576. The minimum atomic E-state index is -3.53. The number of rotatable bonds is 1. The molecule has 1 N–H and O–H groups in total. The van der Waals surface area contributed by atoms with Gasteiger partial charge in [-0.25, -0.2) is 8.42 Å². The molecule has 1 unspecified atom stereocenters. The SMILES string of the molecule is CC1(O)CS(=O)(=O)c2ccc([N+](=O)[O-])cc21. The van der Waals surface area contributed by atoms with Gasteiger partial charge in [0.2, 0.25) is 0 Å². The molecule has 7 heteroatoms. The Morgan fingerprint density at radius 1 is 1.50 bits per heavy atom. The van der Waals surface area contributed by atoms with E-state index in [4.69, 9.17) is 0 Å². The van der Waals surface area contributed by atoms with E-state index in [1.807, 2.05) is 0 Å². The zero-order valence-electron chi connectivity index (χ0n) is 8.37. The quantitative estimate of drug-likeness (QED) is 0.575. The summed E-state index contributed by atoms with van der Waals surface area (Å²) in [4.78, 5) is 9.90. The van der Waals surface area contributed by atoms with E-state index in [1.165, 1.54) is 13.0 Å². The van der Waals surface area contributed by atoms with E-state index < -0.39 is 26.1 Å². The molecule has 1 heterocycles. The van der Waals surface area contributed by atoms with Crippen LogP contribution in [0.5, 0.6) is 0 Å². The van der Waals surface area contributed by atoms with Gasteiger partial charge in [-0.2, -0.15) is 0 Å². The lowest BCUT2D eigenvalue weighted by atomic mass is 9.98. The van der Waals surface area contributed by atoms with Gasteiger partial charge in [0, 0.05) is 17.7 Å². The molecule has 86 valence electrons. The molecular weight excluding hydrogens is 234 g/mol. The zero-order valence-corrected chi connectivity index (χ0v) is 9.19. The second-order valence-corrected chi connectivity index (χ2v) is 5.93. The molecule has 2 rings (SSSR count). The maximum Gasteiger partial charge on any atom is 0.269 e. The van der Waals surface area contributed by atoms with Gasteiger partial charge in [0.05, 0.1) is 15.6 Å². The first kappa shape index (κ1) is 11.0. The van der Waals surface area contributed by atoms with Crippen molar-refractivity contribution in [3.63, 3.8) is 0 Å². The van der Waals surface area contributed by atoms with E-state index >= 15 is 0 Å². The van der Waals surface area contributed by atoms with Crippen LogP contribution in [-0.4, -0.2) is 24.2 Å². The normalized spacial score (nSPS) is 26.4. The van der Waals surface area contributed by atoms with Crippen LogP contribution >= 0.6 is 0 Å². The fraction of sp³-hybridized carbons (Fsp3) is 0.333. The molecule has 1 atom stereocenters. The maximum atomic E-state index is 11.6. The number of sulfone groups is 1. The summed E-state index contributed by atoms with van der Waals surface area (Å²) in [5.41, 5.74) is -1.68. The standard InChI is InChI=1S/C9H9NO5S/c1-9(11)5-16(14,15)8-3-2-6(10(12)13)4-7(8)9/h2-4,11H,5H2,1H3. The first-order chi connectivity index (χ1) is 7.24. The van der Waals surface area contributed by atoms with Gasteiger partial charge in [-0.1, -0.05) is 0 Å². The van der Waals surface area contributed by atoms with Gasteiger partial charge in [0.15, 0.2) is 9.84 Å². The number of hydrogen-bond donors (Lipinski definition) is 1. The van der Waals surface area contributed by atoms with Gasteiger partial charge >= 0.3 is 0 Å². The molecule has 0 fully saturated rings. The van der Waals surface area contributed by atoms with E-state index in [0.29, 0.717) is 0 Å². The fourth-order valence-corrected chi connectivity index (χ4v) is 3.79. The van der Waals surface area contributed by atoms with Gasteiger partial charge in [-0.3, -0.25) is 10.1 Å². The van der Waals surface area contributed by atoms with Crippen LogP contribution in [0.2, 0.25) is 0 Å². The van der Waals surface area contributed by atoms with Crippen LogP contribution in [0.25, 0.3) is 0 Å². The number of aliphatic hydroxyl groups is 1. The van der Waals surface area contributed by atoms with Crippen LogP contribution in [0.1, 0.15) is 12.5 Å². The number of nitro benzene ring substituents is 1. The highest BCUT2D eigenvalue weighted by atomic mass is 32.2. The van der Waals surface area contributed by atoms with Gasteiger partial charge in [0.1, 0.15) is 5.60 Å². The van der Waals surface area contributed by atoms with Crippen LogP contribution in [0.3, 0.4) is 0 Å². The molecule has 1 aromatic carbocycles. The second kappa shape index (κ2) is 3.02.